The molecule has 0 bridgehead atoms. The first-order valence-electron chi connectivity index (χ1n) is 17.6. The highest BCUT2D eigenvalue weighted by Crippen LogP contribution is 2.39. The number of carbonyl (C=O) groups is 4. The van der Waals surface area contributed by atoms with Crippen LogP contribution in [0.5, 0.6) is 23.0 Å². The molecule has 1 aliphatic rings. The van der Waals surface area contributed by atoms with E-state index in [1.54, 1.807) is 32.9 Å². The zero-order valence-electron chi connectivity index (χ0n) is 31.9. The lowest BCUT2D eigenvalue weighted by Crippen LogP contribution is -2.51. The molecule has 1 N–H and O–H groups in total. The molecule has 5 rings (SSSR count). The van der Waals surface area contributed by atoms with E-state index >= 15 is 4.39 Å². The number of likely N-dealkylation sites (tertiary alicyclic amines) is 1. The molecular formula is C41H45FN2O11. The smallest absolute Gasteiger partial charge is 0.410 e. The van der Waals surface area contributed by atoms with Crippen LogP contribution < -0.4 is 24.3 Å². The third-order valence-corrected chi connectivity index (χ3v) is 8.84. The molecule has 1 aliphatic heterocycles. The molecule has 0 unspecified atom stereocenters. The van der Waals surface area contributed by atoms with Gasteiger partial charge in [-0.15, -0.1) is 0 Å². The van der Waals surface area contributed by atoms with Crippen LogP contribution in [-0.2, 0) is 14.2 Å². The second kappa shape index (κ2) is 17.5. The number of rotatable bonds is 12. The number of hydrogen-bond donors (Lipinski definition) is 1. The molecule has 13 nitrogen and oxygen atoms in total. The molecule has 4 aromatic rings. The predicted molar refractivity (Wildman–Crippen MR) is 200 cm³/mol. The molecule has 2 amide bonds. The Bertz CT molecular complexity index is 2050. The van der Waals surface area contributed by atoms with Crippen LogP contribution in [0, 0.1) is 5.82 Å². The summed E-state index contributed by atoms with van der Waals surface area (Å²) in [5.41, 5.74) is -0.757. The van der Waals surface area contributed by atoms with Gasteiger partial charge < -0.3 is 43.4 Å². The van der Waals surface area contributed by atoms with Gasteiger partial charge in [-0.3, -0.25) is 9.59 Å². The van der Waals surface area contributed by atoms with Crippen LogP contribution in [-0.4, -0.2) is 94.7 Å². The first kappa shape index (κ1) is 40.3. The van der Waals surface area contributed by atoms with Crippen molar-refractivity contribution in [3.63, 3.8) is 0 Å². The molecule has 0 spiro atoms. The van der Waals surface area contributed by atoms with Gasteiger partial charge in [0.2, 0.25) is 0 Å². The van der Waals surface area contributed by atoms with Gasteiger partial charge in [-0.2, -0.15) is 0 Å². The molecule has 1 fully saturated rings. The number of esters is 1. The van der Waals surface area contributed by atoms with E-state index in [0.717, 1.165) is 10.8 Å². The Morgan fingerprint density at radius 1 is 0.836 bits per heavy atom. The van der Waals surface area contributed by atoms with E-state index in [1.165, 1.54) is 63.7 Å². The zero-order chi connectivity index (χ0) is 39.9. The van der Waals surface area contributed by atoms with Gasteiger partial charge in [-0.05, 0) is 68.7 Å². The lowest BCUT2D eigenvalue weighted by atomic mass is 9.99. The standard InChI is InChI=1S/C41H45FN2O11/c1-41(2,3)55-40(48)44-18-10-13-30(29(22-44)43-38(46)28-19-26-11-8-9-12-27(26)20-31(28)53-23-49-4)54-39(47)25-16-14-24(15-17-25)36(45)34-32(50-5)21-33(51-6)37(52-7)35(34)42/h8-9,11-12,14-17,19-21,29-30H,10,13,18,22-23H2,1-7H3,(H,43,46)/t29-,30-/m1/s1. The molecule has 55 heavy (non-hydrogen) atoms. The number of nitrogens with zero attached hydrogens (tertiary/aromatic N) is 1. The van der Waals surface area contributed by atoms with E-state index in [4.69, 9.17) is 33.2 Å². The van der Waals surface area contributed by atoms with Crippen LogP contribution in [0.25, 0.3) is 10.8 Å². The fourth-order valence-corrected chi connectivity index (χ4v) is 6.20. The van der Waals surface area contributed by atoms with E-state index in [1.807, 2.05) is 24.3 Å². The number of halogens is 1. The van der Waals surface area contributed by atoms with E-state index < -0.39 is 47.3 Å². The Morgan fingerprint density at radius 3 is 2.11 bits per heavy atom. The maximum Gasteiger partial charge on any atom is 0.410 e. The number of carbonyl (C=O) groups excluding carboxylic acids is 4. The summed E-state index contributed by atoms with van der Waals surface area (Å²) in [6.07, 6.45) is -0.709. The fraction of sp³-hybridized carbons (Fsp3) is 0.366. The lowest BCUT2D eigenvalue weighted by molar-refractivity contribution is 0.0125. The number of benzene rings is 4. The Labute approximate surface area is 318 Å². The van der Waals surface area contributed by atoms with Crippen molar-refractivity contribution in [2.45, 2.75) is 51.4 Å². The van der Waals surface area contributed by atoms with Gasteiger partial charge in [-0.25, -0.2) is 14.0 Å². The van der Waals surface area contributed by atoms with Crippen molar-refractivity contribution in [1.29, 1.82) is 0 Å². The van der Waals surface area contributed by atoms with Gasteiger partial charge in [0, 0.05) is 31.8 Å². The molecule has 0 aliphatic carbocycles. The lowest BCUT2D eigenvalue weighted by Gasteiger charge is -2.31. The third kappa shape index (κ3) is 9.44. The van der Waals surface area contributed by atoms with Crippen LogP contribution in [0.1, 0.15) is 70.3 Å². The second-order valence-electron chi connectivity index (χ2n) is 13.7. The first-order valence-corrected chi connectivity index (χ1v) is 17.6. The Morgan fingerprint density at radius 2 is 1.49 bits per heavy atom. The molecule has 0 saturated carbocycles. The molecule has 0 radical (unpaired) electrons. The molecule has 0 aromatic heterocycles. The number of ketones is 1. The van der Waals surface area contributed by atoms with E-state index in [-0.39, 0.29) is 58.6 Å². The van der Waals surface area contributed by atoms with Crippen molar-refractivity contribution < 1.29 is 56.7 Å². The van der Waals surface area contributed by atoms with Crippen LogP contribution in [0.3, 0.4) is 0 Å². The first-order chi connectivity index (χ1) is 26.3. The van der Waals surface area contributed by atoms with Gasteiger partial charge in [0.05, 0.1) is 38.5 Å². The van der Waals surface area contributed by atoms with Gasteiger partial charge >= 0.3 is 12.1 Å². The molecule has 4 aromatic carbocycles. The Kier molecular flexibility index (Phi) is 12.8. The van der Waals surface area contributed by atoms with Crippen molar-refractivity contribution in [3.8, 4) is 23.0 Å². The van der Waals surface area contributed by atoms with Crippen molar-refractivity contribution in [2.75, 3.05) is 48.3 Å². The van der Waals surface area contributed by atoms with Gasteiger partial charge in [0.25, 0.3) is 5.91 Å². The maximum absolute atomic E-state index is 15.5. The Hall–Kier alpha value is -5.89. The largest absolute Gasteiger partial charge is 0.496 e. The summed E-state index contributed by atoms with van der Waals surface area (Å²) in [4.78, 5) is 55.9. The predicted octanol–water partition coefficient (Wildman–Crippen LogP) is 6.57. The number of hydrogen-bond acceptors (Lipinski definition) is 11. The SMILES string of the molecule is COCOc1cc2ccccc2cc1C(=O)N[C@@H]1CN(C(=O)OC(C)(C)C)CCC[C@H]1OC(=O)c1ccc(C(=O)c2c(OC)cc(OC)c(OC)c2F)cc1. The van der Waals surface area contributed by atoms with Crippen molar-refractivity contribution in [1.82, 2.24) is 10.2 Å². The minimum Gasteiger partial charge on any atom is -0.496 e. The highest BCUT2D eigenvalue weighted by atomic mass is 19.1. The highest BCUT2D eigenvalue weighted by molar-refractivity contribution is 6.11. The minimum absolute atomic E-state index is 0.0212. The summed E-state index contributed by atoms with van der Waals surface area (Å²) in [6, 6.07) is 16.9. The molecule has 14 heteroatoms. The van der Waals surface area contributed by atoms with Gasteiger partial charge in [0.15, 0.2) is 29.9 Å². The normalized spacial score (nSPS) is 15.7. The van der Waals surface area contributed by atoms with Crippen LogP contribution >= 0.6 is 0 Å². The third-order valence-electron chi connectivity index (χ3n) is 8.84. The summed E-state index contributed by atoms with van der Waals surface area (Å²) in [7, 11) is 5.34. The van der Waals surface area contributed by atoms with E-state index in [9.17, 15) is 19.2 Å². The molecular weight excluding hydrogens is 715 g/mol. The minimum atomic E-state index is -0.963. The van der Waals surface area contributed by atoms with E-state index in [2.05, 4.69) is 5.32 Å². The monoisotopic (exact) mass is 760 g/mol. The van der Waals surface area contributed by atoms with Gasteiger partial charge in [0.1, 0.15) is 28.8 Å². The second-order valence-corrected chi connectivity index (χ2v) is 13.7. The summed E-state index contributed by atoms with van der Waals surface area (Å²) >= 11 is 0. The quantitative estimate of drug-likeness (QED) is 0.0950. The topological polar surface area (TPSA) is 148 Å². The summed E-state index contributed by atoms with van der Waals surface area (Å²) in [5.74, 6) is -2.93. The number of nitrogens with one attached hydrogen (secondary N) is 1. The zero-order valence-corrected chi connectivity index (χ0v) is 31.9. The summed E-state index contributed by atoms with van der Waals surface area (Å²) in [5, 5.41) is 4.64. The Balaban J connectivity index is 1.41. The number of methoxy groups -OCH3 is 4. The molecule has 1 heterocycles. The molecule has 2 atom stereocenters. The van der Waals surface area contributed by atoms with Crippen molar-refractivity contribution in [2.24, 2.45) is 0 Å². The number of fused-ring (bicyclic) bond motifs is 1. The molecule has 1 saturated heterocycles. The fourth-order valence-electron chi connectivity index (χ4n) is 6.20. The number of ether oxygens (including phenoxy) is 7. The van der Waals surface area contributed by atoms with Crippen molar-refractivity contribution >= 4 is 34.5 Å². The summed E-state index contributed by atoms with van der Waals surface area (Å²) < 4.78 is 53.6. The van der Waals surface area contributed by atoms with Crippen LogP contribution in [0.2, 0.25) is 0 Å². The average molecular weight is 761 g/mol. The number of amides is 2. The maximum atomic E-state index is 15.5. The van der Waals surface area contributed by atoms with Crippen molar-refractivity contribution in [3.05, 3.63) is 94.8 Å². The molecule has 292 valence electrons. The summed E-state index contributed by atoms with van der Waals surface area (Å²) in [6.45, 7) is 5.44. The van der Waals surface area contributed by atoms with Gasteiger partial charge in [-0.1, -0.05) is 36.4 Å². The van der Waals surface area contributed by atoms with E-state index in [0.29, 0.717) is 19.4 Å². The van der Waals surface area contributed by atoms with Crippen LogP contribution in [0.4, 0.5) is 9.18 Å². The highest BCUT2D eigenvalue weighted by Gasteiger charge is 2.36. The van der Waals surface area contributed by atoms with Crippen LogP contribution in [0.15, 0.2) is 66.7 Å². The average Bonchev–Trinajstić information content (AvgIpc) is 3.36.